The fourth-order valence-corrected chi connectivity index (χ4v) is 2.67. The van der Waals surface area contributed by atoms with E-state index in [1.807, 2.05) is 57.2 Å². The van der Waals surface area contributed by atoms with Crippen molar-refractivity contribution in [2.75, 3.05) is 5.32 Å². The van der Waals surface area contributed by atoms with Crippen molar-refractivity contribution in [1.29, 1.82) is 0 Å². The summed E-state index contributed by atoms with van der Waals surface area (Å²) in [5, 5.41) is 3.31. The molecule has 0 aliphatic heterocycles. The Bertz CT molecular complexity index is 745. The van der Waals surface area contributed by atoms with Crippen molar-refractivity contribution in [3.63, 3.8) is 0 Å². The van der Waals surface area contributed by atoms with Crippen LogP contribution in [0.15, 0.2) is 48.5 Å². The van der Waals surface area contributed by atoms with Gasteiger partial charge < -0.3 is 10.2 Å². The van der Waals surface area contributed by atoms with Crippen LogP contribution in [0.1, 0.15) is 31.4 Å². The van der Waals surface area contributed by atoms with Crippen molar-refractivity contribution in [3.05, 3.63) is 64.7 Å². The molecular formula is C20H23ClN2O2. The third kappa shape index (κ3) is 5.61. The third-order valence-electron chi connectivity index (χ3n) is 3.92. The van der Waals surface area contributed by atoms with Gasteiger partial charge in [0, 0.05) is 23.3 Å². The highest BCUT2D eigenvalue weighted by molar-refractivity contribution is 6.31. The van der Waals surface area contributed by atoms with E-state index in [-0.39, 0.29) is 24.3 Å². The van der Waals surface area contributed by atoms with Crippen LogP contribution in [0.25, 0.3) is 0 Å². The second-order valence-electron chi connectivity index (χ2n) is 6.29. The van der Waals surface area contributed by atoms with E-state index in [9.17, 15) is 9.59 Å². The van der Waals surface area contributed by atoms with Crippen LogP contribution in [0.5, 0.6) is 0 Å². The third-order valence-corrected chi connectivity index (χ3v) is 4.16. The lowest BCUT2D eigenvalue weighted by Crippen LogP contribution is -2.38. The van der Waals surface area contributed by atoms with Crippen molar-refractivity contribution >= 4 is 29.1 Å². The normalized spacial score (nSPS) is 10.6. The first-order valence-corrected chi connectivity index (χ1v) is 8.64. The van der Waals surface area contributed by atoms with Crippen molar-refractivity contribution in [1.82, 2.24) is 4.90 Å². The van der Waals surface area contributed by atoms with E-state index in [1.54, 1.807) is 17.0 Å². The monoisotopic (exact) mass is 358 g/mol. The SMILES string of the molecule is Cc1ccc(Cl)cc1NC(=O)CC(=O)N(Cc1ccccc1)C(C)C. The minimum atomic E-state index is -0.339. The molecule has 2 rings (SSSR count). The lowest BCUT2D eigenvalue weighted by atomic mass is 10.1. The number of halogens is 1. The predicted molar refractivity (Wildman–Crippen MR) is 102 cm³/mol. The van der Waals surface area contributed by atoms with E-state index >= 15 is 0 Å². The molecule has 0 bridgehead atoms. The highest BCUT2D eigenvalue weighted by atomic mass is 35.5. The molecule has 0 saturated carbocycles. The van der Waals surface area contributed by atoms with Gasteiger partial charge in [-0.05, 0) is 44.0 Å². The van der Waals surface area contributed by atoms with E-state index in [4.69, 9.17) is 11.6 Å². The zero-order valence-electron chi connectivity index (χ0n) is 14.8. The molecule has 0 saturated heterocycles. The zero-order valence-corrected chi connectivity index (χ0v) is 15.5. The number of amides is 2. The predicted octanol–water partition coefficient (Wildman–Crippen LogP) is 4.41. The van der Waals surface area contributed by atoms with Gasteiger partial charge >= 0.3 is 0 Å². The summed E-state index contributed by atoms with van der Waals surface area (Å²) in [5.74, 6) is -0.537. The Morgan fingerprint density at radius 3 is 2.44 bits per heavy atom. The van der Waals surface area contributed by atoms with Gasteiger partial charge in [-0.25, -0.2) is 0 Å². The summed E-state index contributed by atoms with van der Waals surface area (Å²) in [4.78, 5) is 26.6. The quantitative estimate of drug-likeness (QED) is 0.777. The summed E-state index contributed by atoms with van der Waals surface area (Å²) in [6.07, 6.45) is -0.197. The van der Waals surface area contributed by atoms with Gasteiger partial charge in [-0.3, -0.25) is 9.59 Å². The first-order valence-electron chi connectivity index (χ1n) is 8.26. The molecule has 0 aromatic heterocycles. The van der Waals surface area contributed by atoms with Crippen LogP contribution in [-0.2, 0) is 16.1 Å². The number of nitrogens with one attached hydrogen (secondary N) is 1. The van der Waals surface area contributed by atoms with Crippen molar-refractivity contribution in [3.8, 4) is 0 Å². The van der Waals surface area contributed by atoms with E-state index in [2.05, 4.69) is 5.32 Å². The zero-order chi connectivity index (χ0) is 18.4. The van der Waals surface area contributed by atoms with E-state index in [0.717, 1.165) is 11.1 Å². The maximum atomic E-state index is 12.6. The minimum absolute atomic E-state index is 0.00779. The number of carbonyl (C=O) groups is 2. The summed E-state index contributed by atoms with van der Waals surface area (Å²) in [5.41, 5.74) is 2.57. The average Bonchev–Trinajstić information content (AvgIpc) is 2.56. The first kappa shape index (κ1) is 19.0. The number of rotatable bonds is 6. The summed E-state index contributed by atoms with van der Waals surface area (Å²) in [7, 11) is 0. The molecule has 0 fully saturated rings. The average molecular weight is 359 g/mol. The number of carbonyl (C=O) groups excluding carboxylic acids is 2. The summed E-state index contributed by atoms with van der Waals surface area (Å²) >= 11 is 5.96. The molecule has 25 heavy (non-hydrogen) atoms. The van der Waals surface area contributed by atoms with Crippen LogP contribution < -0.4 is 5.32 Å². The summed E-state index contributed by atoms with van der Waals surface area (Å²) < 4.78 is 0. The highest BCUT2D eigenvalue weighted by Crippen LogP contribution is 2.20. The van der Waals surface area contributed by atoms with Gasteiger partial charge in [0.15, 0.2) is 0 Å². The van der Waals surface area contributed by atoms with Gasteiger partial charge in [0.05, 0.1) is 0 Å². The Morgan fingerprint density at radius 1 is 1.12 bits per heavy atom. The van der Waals surface area contributed by atoms with E-state index in [1.165, 1.54) is 0 Å². The molecule has 132 valence electrons. The van der Waals surface area contributed by atoms with Gasteiger partial charge in [-0.1, -0.05) is 48.0 Å². The molecule has 2 amide bonds. The van der Waals surface area contributed by atoms with Crippen LogP contribution in [0.4, 0.5) is 5.69 Å². The fourth-order valence-electron chi connectivity index (χ4n) is 2.50. The molecule has 0 atom stereocenters. The molecule has 1 N–H and O–H groups in total. The maximum absolute atomic E-state index is 12.6. The molecule has 0 aliphatic rings. The Labute approximate surface area is 153 Å². The Morgan fingerprint density at radius 2 is 1.80 bits per heavy atom. The Hall–Kier alpha value is -2.33. The van der Waals surface area contributed by atoms with Gasteiger partial charge in [0.25, 0.3) is 0 Å². The minimum Gasteiger partial charge on any atom is -0.336 e. The largest absolute Gasteiger partial charge is 0.336 e. The van der Waals surface area contributed by atoms with Gasteiger partial charge in [-0.2, -0.15) is 0 Å². The lowest BCUT2D eigenvalue weighted by molar-refractivity contribution is -0.136. The topological polar surface area (TPSA) is 49.4 Å². The maximum Gasteiger partial charge on any atom is 0.233 e. The first-order chi connectivity index (χ1) is 11.9. The molecule has 5 heteroatoms. The fraction of sp³-hybridized carbons (Fsp3) is 0.300. The van der Waals surface area contributed by atoms with Crippen LogP contribution >= 0.6 is 11.6 Å². The molecular weight excluding hydrogens is 336 g/mol. The van der Waals surface area contributed by atoms with Crippen molar-refractivity contribution in [2.24, 2.45) is 0 Å². The van der Waals surface area contributed by atoms with Crippen molar-refractivity contribution in [2.45, 2.75) is 39.8 Å². The number of nitrogens with zero attached hydrogens (tertiary/aromatic N) is 1. The molecule has 0 unspecified atom stereocenters. The highest BCUT2D eigenvalue weighted by Gasteiger charge is 2.20. The second kappa shape index (κ2) is 8.67. The number of anilines is 1. The Balaban J connectivity index is 2.02. The lowest BCUT2D eigenvalue weighted by Gasteiger charge is -2.27. The number of aryl methyl sites for hydroxylation is 1. The van der Waals surface area contributed by atoms with Gasteiger partial charge in [0.2, 0.25) is 11.8 Å². The van der Waals surface area contributed by atoms with Crippen LogP contribution in [0.3, 0.4) is 0 Å². The Kier molecular flexibility index (Phi) is 6.59. The molecule has 2 aromatic carbocycles. The molecule has 0 aliphatic carbocycles. The van der Waals surface area contributed by atoms with Gasteiger partial charge in [0.1, 0.15) is 6.42 Å². The van der Waals surface area contributed by atoms with Crippen LogP contribution in [0, 0.1) is 6.92 Å². The van der Waals surface area contributed by atoms with Gasteiger partial charge in [-0.15, -0.1) is 0 Å². The standard InChI is InChI=1S/C20H23ClN2O2/c1-14(2)23(13-16-7-5-4-6-8-16)20(25)12-19(24)22-18-11-17(21)10-9-15(18)3/h4-11,14H,12-13H2,1-3H3,(H,22,24). The second-order valence-corrected chi connectivity index (χ2v) is 6.72. The van der Waals surface area contributed by atoms with Crippen molar-refractivity contribution < 1.29 is 9.59 Å². The number of hydrogen-bond donors (Lipinski definition) is 1. The van der Waals surface area contributed by atoms with E-state index < -0.39 is 0 Å². The smallest absolute Gasteiger partial charge is 0.233 e. The molecule has 4 nitrogen and oxygen atoms in total. The molecule has 2 aromatic rings. The molecule has 0 spiro atoms. The molecule has 0 radical (unpaired) electrons. The number of hydrogen-bond acceptors (Lipinski definition) is 2. The summed E-state index contributed by atoms with van der Waals surface area (Å²) in [6.45, 7) is 6.25. The molecule has 0 heterocycles. The summed E-state index contributed by atoms with van der Waals surface area (Å²) in [6, 6.07) is 15.0. The van der Waals surface area contributed by atoms with E-state index in [0.29, 0.717) is 17.3 Å². The number of benzene rings is 2. The van der Waals surface area contributed by atoms with Crippen LogP contribution in [-0.4, -0.2) is 22.8 Å². The van der Waals surface area contributed by atoms with Crippen LogP contribution in [0.2, 0.25) is 5.02 Å².